The van der Waals surface area contributed by atoms with E-state index in [0.717, 1.165) is 16.3 Å². The number of nitrogens with zero attached hydrogens (tertiary/aromatic N) is 2. The van der Waals surface area contributed by atoms with Crippen LogP contribution in [0, 0.1) is 5.82 Å². The van der Waals surface area contributed by atoms with Crippen molar-refractivity contribution >= 4 is 11.6 Å². The second-order valence-electron chi connectivity index (χ2n) is 8.43. The third-order valence-corrected chi connectivity index (χ3v) is 6.44. The molecule has 0 bridgehead atoms. The molecule has 0 amide bonds. The Balaban J connectivity index is 1.34. The molecule has 35 heavy (non-hydrogen) atoms. The fourth-order valence-electron chi connectivity index (χ4n) is 4.18. The van der Waals surface area contributed by atoms with E-state index in [1.807, 2.05) is 0 Å². The van der Waals surface area contributed by atoms with Crippen LogP contribution >= 0.6 is 11.6 Å². The van der Waals surface area contributed by atoms with Crippen molar-refractivity contribution in [2.45, 2.75) is 31.1 Å². The van der Waals surface area contributed by atoms with E-state index in [9.17, 15) is 22.4 Å². The molecule has 3 aromatic carbocycles. The fraction of sp³-hybridized carbons (Fsp3) is 0.200. The molecule has 1 fully saturated rings. The molecule has 5 rings (SSSR count). The van der Waals surface area contributed by atoms with Gasteiger partial charge in [-0.15, -0.1) is 5.10 Å². The van der Waals surface area contributed by atoms with Gasteiger partial charge in [-0.2, -0.15) is 17.9 Å². The number of alkyl halides is 3. The molecule has 0 spiro atoms. The molecule has 0 unspecified atom stereocenters. The number of nitrogens with one attached hydrogen (secondary N) is 2. The van der Waals surface area contributed by atoms with Gasteiger partial charge in [0.2, 0.25) is 0 Å². The first-order chi connectivity index (χ1) is 16.7. The number of aromatic nitrogens is 3. The molecule has 1 heterocycles. The molecule has 5 nitrogen and oxygen atoms in total. The summed E-state index contributed by atoms with van der Waals surface area (Å²) in [4.78, 5) is 14.9. The highest BCUT2D eigenvalue weighted by Gasteiger charge is 2.48. The fourth-order valence-corrected chi connectivity index (χ4v) is 4.43. The molecular weight excluding hydrogens is 484 g/mol. The molecule has 0 radical (unpaired) electrons. The Kier molecular flexibility index (Phi) is 5.77. The first kappa shape index (κ1) is 23.3. The van der Waals surface area contributed by atoms with Gasteiger partial charge in [-0.3, -0.25) is 4.98 Å². The van der Waals surface area contributed by atoms with Gasteiger partial charge in [-0.05, 0) is 54.3 Å². The van der Waals surface area contributed by atoms with Crippen molar-refractivity contribution < 1.29 is 17.6 Å². The summed E-state index contributed by atoms with van der Waals surface area (Å²) in [6, 6.07) is 16.6. The topological polar surface area (TPSA) is 62.7 Å². The standard InChI is InChI=1S/C25H19ClF4N4O/c26-19-6-3-7-20(27)21(19)22-32-23(35)34(33-22)16-10-8-15(9-11-16)14-31-24(12-13-24)17-4-1-2-5-18(17)25(28,29)30/h1-11,31H,12-14H2,(H,32,33,35). The highest BCUT2D eigenvalue weighted by atomic mass is 35.5. The largest absolute Gasteiger partial charge is 0.416 e. The minimum absolute atomic E-state index is 0.000272. The second kappa shape index (κ2) is 8.66. The molecule has 1 aromatic heterocycles. The van der Waals surface area contributed by atoms with Crippen LogP contribution in [0.3, 0.4) is 0 Å². The Morgan fingerprint density at radius 2 is 1.74 bits per heavy atom. The van der Waals surface area contributed by atoms with Crippen LogP contribution < -0.4 is 11.0 Å². The zero-order valence-corrected chi connectivity index (χ0v) is 18.9. The van der Waals surface area contributed by atoms with Gasteiger partial charge in [0.25, 0.3) is 0 Å². The van der Waals surface area contributed by atoms with Gasteiger partial charge < -0.3 is 5.32 Å². The van der Waals surface area contributed by atoms with Gasteiger partial charge in [0.15, 0.2) is 5.82 Å². The Morgan fingerprint density at radius 1 is 1.03 bits per heavy atom. The van der Waals surface area contributed by atoms with Gasteiger partial charge in [-0.25, -0.2) is 9.18 Å². The highest BCUT2D eigenvalue weighted by Crippen LogP contribution is 2.49. The number of benzene rings is 3. The summed E-state index contributed by atoms with van der Waals surface area (Å²) >= 11 is 6.07. The Hall–Kier alpha value is -3.43. The Morgan fingerprint density at radius 3 is 2.40 bits per heavy atom. The maximum absolute atomic E-state index is 14.2. The van der Waals surface area contributed by atoms with Crippen LogP contribution in [0.25, 0.3) is 17.1 Å². The number of H-pyrrole nitrogens is 1. The Bertz CT molecular complexity index is 1420. The van der Waals surface area contributed by atoms with Gasteiger partial charge in [-0.1, -0.05) is 48.0 Å². The summed E-state index contributed by atoms with van der Waals surface area (Å²) in [5, 5.41) is 7.57. The number of hydrogen-bond donors (Lipinski definition) is 2. The van der Waals surface area contributed by atoms with E-state index in [1.54, 1.807) is 30.3 Å². The van der Waals surface area contributed by atoms with E-state index in [2.05, 4.69) is 15.4 Å². The first-order valence-corrected chi connectivity index (χ1v) is 11.2. The van der Waals surface area contributed by atoms with E-state index in [1.165, 1.54) is 30.3 Å². The van der Waals surface area contributed by atoms with Crippen LogP contribution in [0.4, 0.5) is 17.6 Å². The van der Waals surface area contributed by atoms with Crippen LogP contribution in [0.1, 0.15) is 29.5 Å². The average molecular weight is 503 g/mol. The minimum Gasteiger partial charge on any atom is -0.303 e. The van der Waals surface area contributed by atoms with Crippen molar-refractivity contribution in [2.24, 2.45) is 0 Å². The van der Waals surface area contributed by atoms with Gasteiger partial charge in [0.05, 0.1) is 21.8 Å². The van der Waals surface area contributed by atoms with E-state index in [4.69, 9.17) is 11.6 Å². The van der Waals surface area contributed by atoms with Crippen molar-refractivity contribution in [3.05, 3.63) is 105 Å². The molecule has 0 aliphatic heterocycles. The lowest BCUT2D eigenvalue weighted by Crippen LogP contribution is -2.30. The van der Waals surface area contributed by atoms with E-state index < -0.39 is 28.8 Å². The van der Waals surface area contributed by atoms with E-state index in [0.29, 0.717) is 25.1 Å². The highest BCUT2D eigenvalue weighted by molar-refractivity contribution is 6.33. The number of rotatable bonds is 6. The molecule has 180 valence electrons. The zero-order chi connectivity index (χ0) is 24.8. The Labute approximate surface area is 202 Å². The summed E-state index contributed by atoms with van der Waals surface area (Å²) in [6.45, 7) is 0.345. The van der Waals surface area contributed by atoms with Gasteiger partial charge in [0, 0.05) is 12.1 Å². The van der Waals surface area contributed by atoms with Crippen LogP contribution in [0.5, 0.6) is 0 Å². The predicted molar refractivity (Wildman–Crippen MR) is 124 cm³/mol. The normalized spacial score (nSPS) is 14.8. The van der Waals surface area contributed by atoms with Crippen LogP contribution in [-0.4, -0.2) is 14.8 Å². The maximum atomic E-state index is 14.2. The summed E-state index contributed by atoms with van der Waals surface area (Å²) in [6.07, 6.45) is -3.19. The quantitative estimate of drug-likeness (QED) is 0.327. The first-order valence-electron chi connectivity index (χ1n) is 10.8. The van der Waals surface area contributed by atoms with E-state index in [-0.39, 0.29) is 22.0 Å². The summed E-state index contributed by atoms with van der Waals surface area (Å²) < 4.78 is 55.7. The third kappa shape index (κ3) is 4.49. The SMILES string of the molecule is O=c1[nH]c(-c2c(F)cccc2Cl)nn1-c1ccc(CNC2(c3ccccc3C(F)(F)F)CC2)cc1. The molecule has 0 saturated heterocycles. The van der Waals surface area contributed by atoms with Crippen molar-refractivity contribution in [1.82, 2.24) is 20.1 Å². The van der Waals surface area contributed by atoms with Crippen molar-refractivity contribution in [3.8, 4) is 17.1 Å². The smallest absolute Gasteiger partial charge is 0.303 e. The summed E-state index contributed by atoms with van der Waals surface area (Å²) in [7, 11) is 0. The average Bonchev–Trinajstić information content (AvgIpc) is 3.53. The van der Waals surface area contributed by atoms with E-state index >= 15 is 0 Å². The molecule has 4 aromatic rings. The second-order valence-corrected chi connectivity index (χ2v) is 8.84. The lowest BCUT2D eigenvalue weighted by atomic mass is 9.97. The van der Waals surface area contributed by atoms with Crippen molar-refractivity contribution in [3.63, 3.8) is 0 Å². The van der Waals surface area contributed by atoms with Crippen molar-refractivity contribution in [2.75, 3.05) is 0 Å². The number of aromatic amines is 1. The molecule has 10 heteroatoms. The molecule has 1 saturated carbocycles. The van der Waals surface area contributed by atoms with Crippen LogP contribution in [-0.2, 0) is 18.3 Å². The van der Waals surface area contributed by atoms with Crippen LogP contribution in [0.2, 0.25) is 5.02 Å². The lowest BCUT2D eigenvalue weighted by Gasteiger charge is -2.22. The predicted octanol–water partition coefficient (Wildman–Crippen LogP) is 5.82. The van der Waals surface area contributed by atoms with Crippen molar-refractivity contribution in [1.29, 1.82) is 0 Å². The minimum atomic E-state index is -4.42. The molecule has 2 N–H and O–H groups in total. The number of halogens is 5. The van der Waals surface area contributed by atoms with Crippen LogP contribution in [0.15, 0.2) is 71.5 Å². The zero-order valence-electron chi connectivity index (χ0n) is 18.2. The molecule has 1 aliphatic carbocycles. The van der Waals surface area contributed by atoms with Gasteiger partial charge >= 0.3 is 11.9 Å². The third-order valence-electron chi connectivity index (χ3n) is 6.13. The molecular formula is C25H19ClF4N4O. The maximum Gasteiger partial charge on any atom is 0.416 e. The summed E-state index contributed by atoms with van der Waals surface area (Å²) in [5.74, 6) is -0.608. The monoisotopic (exact) mass is 502 g/mol. The number of hydrogen-bond acceptors (Lipinski definition) is 3. The van der Waals surface area contributed by atoms with Gasteiger partial charge in [0.1, 0.15) is 5.82 Å². The lowest BCUT2D eigenvalue weighted by molar-refractivity contribution is -0.138. The summed E-state index contributed by atoms with van der Waals surface area (Å²) in [5.41, 5.74) is -0.374. The molecule has 1 aliphatic rings. The molecule has 0 atom stereocenters.